The minimum absolute atomic E-state index is 0.233. The predicted octanol–water partition coefficient (Wildman–Crippen LogP) is 3.61. The van der Waals surface area contributed by atoms with Crippen LogP contribution >= 0.6 is 11.3 Å². The molecule has 0 aliphatic carbocycles. The van der Waals surface area contributed by atoms with Crippen molar-refractivity contribution >= 4 is 27.5 Å². The van der Waals surface area contributed by atoms with E-state index in [0.29, 0.717) is 11.3 Å². The zero-order valence-corrected chi connectivity index (χ0v) is 13.6. The number of amides is 1. The highest BCUT2D eigenvalue weighted by Gasteiger charge is 2.12. The van der Waals surface area contributed by atoms with Gasteiger partial charge in [0.2, 0.25) is 0 Å². The van der Waals surface area contributed by atoms with Crippen LogP contribution in [0.3, 0.4) is 0 Å². The maximum atomic E-state index is 13.3. The average molecular weight is 330 g/mol. The number of para-hydroxylation sites is 1. The second-order valence-electron chi connectivity index (χ2n) is 4.86. The molecule has 0 aliphatic rings. The molecule has 4 nitrogen and oxygen atoms in total. The molecule has 0 saturated heterocycles. The number of hydrogen-bond acceptors (Lipinski definition) is 3. The number of thiazole rings is 1. The monoisotopic (exact) mass is 330 g/mol. The first-order chi connectivity index (χ1) is 11.1. The highest BCUT2D eigenvalue weighted by Crippen LogP contribution is 2.27. The summed E-state index contributed by atoms with van der Waals surface area (Å²) in [5, 5.41) is 0. The second-order valence-corrected chi connectivity index (χ2v) is 5.87. The number of ether oxygens (including phenoxy) is 1. The number of aryl methyl sites for hydroxylation is 1. The van der Waals surface area contributed by atoms with Gasteiger partial charge in [-0.25, -0.2) is 4.39 Å². The van der Waals surface area contributed by atoms with Crippen LogP contribution < -0.4 is 9.54 Å². The number of carbonyl (C=O) groups is 1. The van der Waals surface area contributed by atoms with E-state index in [1.54, 1.807) is 13.2 Å². The van der Waals surface area contributed by atoms with Crippen molar-refractivity contribution in [2.75, 3.05) is 7.11 Å². The molecule has 0 bridgehead atoms. The molecule has 2 aromatic carbocycles. The quantitative estimate of drug-likeness (QED) is 0.736. The molecule has 1 amide bonds. The molecular weight excluding hydrogens is 315 g/mol. The van der Waals surface area contributed by atoms with E-state index in [1.165, 1.54) is 29.5 Å². The minimum Gasteiger partial charge on any atom is -0.495 e. The molecule has 0 saturated carbocycles. The SMILES string of the molecule is CCn1c(=NC(=O)c2cccc(F)c2)sc2cccc(OC)c21. The van der Waals surface area contributed by atoms with Gasteiger partial charge in [0.25, 0.3) is 5.91 Å². The van der Waals surface area contributed by atoms with Gasteiger partial charge >= 0.3 is 0 Å². The Kier molecular flexibility index (Phi) is 4.25. The lowest BCUT2D eigenvalue weighted by Gasteiger charge is -2.05. The van der Waals surface area contributed by atoms with Crippen LogP contribution in [0.2, 0.25) is 0 Å². The van der Waals surface area contributed by atoms with Crippen LogP contribution in [0.15, 0.2) is 47.5 Å². The summed E-state index contributed by atoms with van der Waals surface area (Å²) in [4.78, 5) is 17.0. The Morgan fingerprint density at radius 2 is 2.09 bits per heavy atom. The van der Waals surface area contributed by atoms with Crippen molar-refractivity contribution in [1.82, 2.24) is 4.57 Å². The van der Waals surface area contributed by atoms with Gasteiger partial charge in [0.1, 0.15) is 17.1 Å². The van der Waals surface area contributed by atoms with Gasteiger partial charge < -0.3 is 9.30 Å². The highest BCUT2D eigenvalue weighted by molar-refractivity contribution is 7.16. The molecule has 3 rings (SSSR count). The van der Waals surface area contributed by atoms with E-state index in [4.69, 9.17) is 4.74 Å². The highest BCUT2D eigenvalue weighted by atomic mass is 32.1. The first-order valence-corrected chi connectivity index (χ1v) is 7.96. The molecule has 0 aliphatic heterocycles. The summed E-state index contributed by atoms with van der Waals surface area (Å²) in [7, 11) is 1.61. The van der Waals surface area contributed by atoms with Crippen molar-refractivity contribution in [2.45, 2.75) is 13.5 Å². The van der Waals surface area contributed by atoms with Crippen molar-refractivity contribution in [2.24, 2.45) is 4.99 Å². The molecule has 0 atom stereocenters. The van der Waals surface area contributed by atoms with Gasteiger partial charge in [-0.1, -0.05) is 23.5 Å². The lowest BCUT2D eigenvalue weighted by atomic mass is 10.2. The van der Waals surface area contributed by atoms with E-state index < -0.39 is 11.7 Å². The van der Waals surface area contributed by atoms with Crippen molar-refractivity contribution in [3.63, 3.8) is 0 Å². The summed E-state index contributed by atoms with van der Waals surface area (Å²) in [6, 6.07) is 11.3. The zero-order valence-electron chi connectivity index (χ0n) is 12.7. The Bertz CT molecular complexity index is 943. The normalized spacial score (nSPS) is 11.9. The number of hydrogen-bond donors (Lipinski definition) is 0. The summed E-state index contributed by atoms with van der Waals surface area (Å²) >= 11 is 1.41. The van der Waals surface area contributed by atoms with E-state index in [1.807, 2.05) is 29.7 Å². The van der Waals surface area contributed by atoms with Crippen molar-refractivity contribution < 1.29 is 13.9 Å². The summed E-state index contributed by atoms with van der Waals surface area (Å²) in [6.07, 6.45) is 0. The van der Waals surface area contributed by atoms with Crippen LogP contribution in [0.25, 0.3) is 10.2 Å². The Labute approximate surface area is 136 Å². The van der Waals surface area contributed by atoms with Gasteiger partial charge in [-0.15, -0.1) is 0 Å². The minimum atomic E-state index is -0.461. The predicted molar refractivity (Wildman–Crippen MR) is 88.3 cm³/mol. The lowest BCUT2D eigenvalue weighted by molar-refractivity contribution is 0.0997. The summed E-state index contributed by atoms with van der Waals surface area (Å²) in [6.45, 7) is 2.62. The van der Waals surface area contributed by atoms with Crippen LogP contribution in [0, 0.1) is 5.82 Å². The average Bonchev–Trinajstić information content (AvgIpc) is 2.91. The summed E-state index contributed by atoms with van der Waals surface area (Å²) in [5.41, 5.74) is 1.14. The molecule has 6 heteroatoms. The number of fused-ring (bicyclic) bond motifs is 1. The van der Waals surface area contributed by atoms with Crippen molar-refractivity contribution in [3.05, 3.63) is 58.6 Å². The molecular formula is C17H15FN2O2S. The van der Waals surface area contributed by atoms with E-state index in [9.17, 15) is 9.18 Å². The van der Waals surface area contributed by atoms with Crippen LogP contribution in [0.4, 0.5) is 4.39 Å². The molecule has 1 aromatic heterocycles. The van der Waals surface area contributed by atoms with Crippen molar-refractivity contribution in [1.29, 1.82) is 0 Å². The Hall–Kier alpha value is -2.47. The van der Waals surface area contributed by atoms with Gasteiger partial charge in [-0.2, -0.15) is 4.99 Å². The Balaban J connectivity index is 2.18. The molecule has 23 heavy (non-hydrogen) atoms. The van der Waals surface area contributed by atoms with Gasteiger partial charge in [0.15, 0.2) is 4.80 Å². The van der Waals surface area contributed by atoms with E-state index in [0.717, 1.165) is 16.0 Å². The second kappa shape index (κ2) is 6.34. The van der Waals surface area contributed by atoms with Gasteiger partial charge in [-0.05, 0) is 37.3 Å². The van der Waals surface area contributed by atoms with Gasteiger partial charge in [-0.3, -0.25) is 4.79 Å². The summed E-state index contributed by atoms with van der Waals surface area (Å²) in [5.74, 6) is -0.176. The maximum Gasteiger partial charge on any atom is 0.279 e. The van der Waals surface area contributed by atoms with Crippen LogP contribution in [-0.4, -0.2) is 17.6 Å². The van der Waals surface area contributed by atoms with Crippen molar-refractivity contribution in [3.8, 4) is 5.75 Å². The number of rotatable bonds is 3. The molecule has 118 valence electrons. The molecule has 3 aromatic rings. The molecule has 0 fully saturated rings. The number of nitrogens with zero attached hydrogens (tertiary/aromatic N) is 2. The van der Waals surface area contributed by atoms with Crippen LogP contribution in [0.5, 0.6) is 5.75 Å². The third-order valence-electron chi connectivity index (χ3n) is 3.47. The van der Waals surface area contributed by atoms with Gasteiger partial charge in [0, 0.05) is 12.1 Å². The zero-order chi connectivity index (χ0) is 16.4. The fraction of sp³-hybridized carbons (Fsp3) is 0.176. The fourth-order valence-electron chi connectivity index (χ4n) is 2.41. The van der Waals surface area contributed by atoms with E-state index >= 15 is 0 Å². The Morgan fingerprint density at radius 3 is 2.78 bits per heavy atom. The van der Waals surface area contributed by atoms with Gasteiger partial charge in [0.05, 0.1) is 11.8 Å². The maximum absolute atomic E-state index is 13.3. The number of halogens is 1. The van der Waals surface area contributed by atoms with Crippen LogP contribution in [0.1, 0.15) is 17.3 Å². The molecule has 0 N–H and O–H groups in total. The molecule has 0 radical (unpaired) electrons. The largest absolute Gasteiger partial charge is 0.495 e. The standard InChI is InChI=1S/C17H15FN2O2S/c1-3-20-15-13(22-2)8-5-9-14(15)23-17(20)19-16(21)11-6-4-7-12(18)10-11/h4-10H,3H2,1-2H3. The molecule has 0 unspecified atom stereocenters. The molecule has 1 heterocycles. The Morgan fingerprint density at radius 1 is 1.30 bits per heavy atom. The number of benzene rings is 2. The third-order valence-corrected chi connectivity index (χ3v) is 4.51. The number of methoxy groups -OCH3 is 1. The number of carbonyl (C=O) groups excluding carboxylic acids is 1. The third kappa shape index (κ3) is 2.90. The summed E-state index contributed by atoms with van der Waals surface area (Å²) < 4.78 is 21.6. The van der Waals surface area contributed by atoms with E-state index in [-0.39, 0.29) is 5.56 Å². The topological polar surface area (TPSA) is 43.6 Å². The molecule has 0 spiro atoms. The number of aromatic nitrogens is 1. The van der Waals surface area contributed by atoms with Crippen LogP contribution in [-0.2, 0) is 6.54 Å². The fourth-order valence-corrected chi connectivity index (χ4v) is 3.52. The van der Waals surface area contributed by atoms with E-state index in [2.05, 4.69) is 4.99 Å². The first-order valence-electron chi connectivity index (χ1n) is 7.15. The first kappa shape index (κ1) is 15.4. The smallest absolute Gasteiger partial charge is 0.279 e. The lowest BCUT2D eigenvalue weighted by Crippen LogP contribution is -2.16.